The zero-order chi connectivity index (χ0) is 13.8. The van der Waals surface area contributed by atoms with Crippen molar-refractivity contribution >= 4 is 11.6 Å². The number of hydrogen-bond donors (Lipinski definition) is 0. The molecule has 1 heterocycles. The number of benzene rings is 1. The minimum atomic E-state index is -0.629. The molecule has 19 heavy (non-hydrogen) atoms. The van der Waals surface area contributed by atoms with Gasteiger partial charge in [0.2, 0.25) is 5.88 Å². The Kier molecular flexibility index (Phi) is 3.93. The highest BCUT2D eigenvalue weighted by atomic mass is 35.5. The fourth-order valence-corrected chi connectivity index (χ4v) is 1.78. The van der Waals surface area contributed by atoms with E-state index in [1.807, 2.05) is 13.0 Å². The Morgan fingerprint density at radius 1 is 1.42 bits per heavy atom. The van der Waals surface area contributed by atoms with Crippen molar-refractivity contribution in [3.63, 3.8) is 0 Å². The van der Waals surface area contributed by atoms with Gasteiger partial charge in [-0.3, -0.25) is 0 Å². The van der Waals surface area contributed by atoms with Crippen LogP contribution in [0.25, 0.3) is 0 Å². The smallest absolute Gasteiger partial charge is 0.227 e. The Labute approximate surface area is 114 Å². The molecule has 1 aromatic heterocycles. The molecule has 0 N–H and O–H groups in total. The topological polar surface area (TPSA) is 58.8 Å². The molecule has 0 fully saturated rings. The zero-order valence-electron chi connectivity index (χ0n) is 10.0. The van der Waals surface area contributed by atoms with Crippen molar-refractivity contribution in [2.24, 2.45) is 0 Å². The van der Waals surface area contributed by atoms with Crippen LogP contribution in [0.1, 0.15) is 18.1 Å². The molecule has 96 valence electrons. The van der Waals surface area contributed by atoms with Crippen molar-refractivity contribution in [3.05, 3.63) is 46.6 Å². The van der Waals surface area contributed by atoms with Crippen molar-refractivity contribution in [1.29, 1.82) is 5.26 Å². The monoisotopic (exact) mass is 277 g/mol. The second-order valence-corrected chi connectivity index (χ2v) is 4.02. The molecule has 6 heteroatoms. The summed E-state index contributed by atoms with van der Waals surface area (Å²) in [5.41, 5.74) is 0.828. The molecule has 0 spiro atoms. The summed E-state index contributed by atoms with van der Waals surface area (Å²) in [5, 5.41) is 8.94. The van der Waals surface area contributed by atoms with Gasteiger partial charge in [0, 0.05) is 0 Å². The Balaban J connectivity index is 2.37. The summed E-state index contributed by atoms with van der Waals surface area (Å²) in [6, 6.07) is 5.79. The molecule has 0 radical (unpaired) electrons. The first kappa shape index (κ1) is 13.2. The van der Waals surface area contributed by atoms with Gasteiger partial charge < -0.3 is 4.74 Å². The van der Waals surface area contributed by atoms with E-state index >= 15 is 0 Å². The van der Waals surface area contributed by atoms with Crippen molar-refractivity contribution in [1.82, 2.24) is 9.97 Å². The summed E-state index contributed by atoms with van der Waals surface area (Å²) >= 11 is 5.92. The lowest BCUT2D eigenvalue weighted by atomic mass is 10.2. The van der Waals surface area contributed by atoms with Crippen LogP contribution < -0.4 is 4.74 Å². The fourth-order valence-electron chi connectivity index (χ4n) is 1.52. The van der Waals surface area contributed by atoms with E-state index in [0.29, 0.717) is 12.0 Å². The van der Waals surface area contributed by atoms with Gasteiger partial charge >= 0.3 is 0 Å². The van der Waals surface area contributed by atoms with Gasteiger partial charge in [-0.05, 0) is 24.6 Å². The highest BCUT2D eigenvalue weighted by Gasteiger charge is 2.13. The molecular weight excluding hydrogens is 269 g/mol. The maximum Gasteiger partial charge on any atom is 0.227 e. The van der Waals surface area contributed by atoms with E-state index in [9.17, 15) is 4.39 Å². The molecule has 0 amide bonds. The Hall–Kier alpha value is -2.19. The second-order valence-electron chi connectivity index (χ2n) is 3.66. The van der Waals surface area contributed by atoms with E-state index in [4.69, 9.17) is 21.6 Å². The minimum Gasteiger partial charge on any atom is -0.435 e. The molecule has 0 saturated heterocycles. The van der Waals surface area contributed by atoms with Crippen LogP contribution in [-0.4, -0.2) is 9.97 Å². The Bertz CT molecular complexity index is 655. The summed E-state index contributed by atoms with van der Waals surface area (Å²) in [7, 11) is 0. The van der Waals surface area contributed by atoms with E-state index < -0.39 is 5.82 Å². The molecule has 0 bridgehead atoms. The summed E-state index contributed by atoms with van der Waals surface area (Å²) in [4.78, 5) is 7.78. The minimum absolute atomic E-state index is 0.0107. The molecule has 0 unspecified atom stereocenters. The molecular formula is C13H9ClFN3O. The van der Waals surface area contributed by atoms with Gasteiger partial charge in [0.25, 0.3) is 0 Å². The van der Waals surface area contributed by atoms with E-state index in [1.165, 1.54) is 18.5 Å². The van der Waals surface area contributed by atoms with Crippen LogP contribution in [0, 0.1) is 17.1 Å². The van der Waals surface area contributed by atoms with E-state index in [0.717, 1.165) is 6.07 Å². The third-order valence-corrected chi connectivity index (χ3v) is 2.80. The summed E-state index contributed by atoms with van der Waals surface area (Å²) in [6.45, 7) is 1.87. The standard InChI is InChI=1S/C13H9ClFN3O/c1-2-9-12(14)17-7-18-13(9)19-11-4-3-8(6-16)5-10(11)15/h3-5,7H,2H2,1H3. The predicted octanol–water partition coefficient (Wildman–Crippen LogP) is 3.50. The lowest BCUT2D eigenvalue weighted by Gasteiger charge is -2.10. The average molecular weight is 278 g/mol. The molecule has 2 rings (SSSR count). The van der Waals surface area contributed by atoms with Gasteiger partial charge in [0.1, 0.15) is 11.5 Å². The van der Waals surface area contributed by atoms with E-state index in [1.54, 1.807) is 0 Å². The number of aromatic nitrogens is 2. The lowest BCUT2D eigenvalue weighted by molar-refractivity contribution is 0.421. The molecule has 0 aliphatic carbocycles. The maximum absolute atomic E-state index is 13.7. The van der Waals surface area contributed by atoms with Crippen LogP contribution in [-0.2, 0) is 6.42 Å². The van der Waals surface area contributed by atoms with Gasteiger partial charge in [-0.25, -0.2) is 14.4 Å². The SMILES string of the molecule is CCc1c(Cl)ncnc1Oc1ccc(C#N)cc1F. The van der Waals surface area contributed by atoms with Crippen LogP contribution in [0.15, 0.2) is 24.5 Å². The third kappa shape index (κ3) is 2.80. The number of rotatable bonds is 3. The highest BCUT2D eigenvalue weighted by molar-refractivity contribution is 6.30. The molecule has 0 aliphatic rings. The highest BCUT2D eigenvalue weighted by Crippen LogP contribution is 2.29. The largest absolute Gasteiger partial charge is 0.435 e. The van der Waals surface area contributed by atoms with Crippen LogP contribution in [0.3, 0.4) is 0 Å². The Morgan fingerprint density at radius 3 is 2.84 bits per heavy atom. The van der Waals surface area contributed by atoms with Crippen molar-refractivity contribution in [3.8, 4) is 17.7 Å². The van der Waals surface area contributed by atoms with Crippen molar-refractivity contribution < 1.29 is 9.13 Å². The number of nitrogens with zero attached hydrogens (tertiary/aromatic N) is 3. The normalized spacial score (nSPS) is 10.0. The van der Waals surface area contributed by atoms with Gasteiger partial charge in [-0.2, -0.15) is 5.26 Å². The van der Waals surface area contributed by atoms with Gasteiger partial charge in [0.05, 0.1) is 17.2 Å². The van der Waals surface area contributed by atoms with Gasteiger partial charge in [0.15, 0.2) is 11.6 Å². The first-order valence-electron chi connectivity index (χ1n) is 5.52. The summed E-state index contributed by atoms with van der Waals surface area (Å²) in [5.74, 6) is -0.426. The number of hydrogen-bond acceptors (Lipinski definition) is 4. The lowest BCUT2D eigenvalue weighted by Crippen LogP contribution is -1.98. The molecule has 2 aromatic rings. The number of halogens is 2. The Morgan fingerprint density at radius 2 is 2.21 bits per heavy atom. The molecule has 0 saturated carbocycles. The second kappa shape index (κ2) is 5.63. The molecule has 0 aliphatic heterocycles. The van der Waals surface area contributed by atoms with Gasteiger partial charge in [-0.1, -0.05) is 18.5 Å². The zero-order valence-corrected chi connectivity index (χ0v) is 10.8. The van der Waals surface area contributed by atoms with Crippen molar-refractivity contribution in [2.75, 3.05) is 0 Å². The average Bonchev–Trinajstić information content (AvgIpc) is 2.41. The summed E-state index contributed by atoms with van der Waals surface area (Å²) < 4.78 is 19.1. The van der Waals surface area contributed by atoms with Crippen LogP contribution >= 0.6 is 11.6 Å². The first-order chi connectivity index (χ1) is 9.15. The summed E-state index contributed by atoms with van der Waals surface area (Å²) in [6.07, 6.45) is 1.81. The van der Waals surface area contributed by atoms with Gasteiger partial charge in [-0.15, -0.1) is 0 Å². The van der Waals surface area contributed by atoms with Crippen LogP contribution in [0.2, 0.25) is 5.15 Å². The maximum atomic E-state index is 13.7. The van der Waals surface area contributed by atoms with E-state index in [-0.39, 0.29) is 22.3 Å². The first-order valence-corrected chi connectivity index (χ1v) is 5.90. The third-order valence-electron chi connectivity index (χ3n) is 2.47. The molecule has 0 atom stereocenters. The number of nitriles is 1. The van der Waals surface area contributed by atoms with Crippen molar-refractivity contribution in [2.45, 2.75) is 13.3 Å². The quantitative estimate of drug-likeness (QED) is 0.806. The molecule has 1 aromatic carbocycles. The van der Waals surface area contributed by atoms with Crippen LogP contribution in [0.4, 0.5) is 4.39 Å². The number of ether oxygens (including phenoxy) is 1. The van der Waals surface area contributed by atoms with Crippen LogP contribution in [0.5, 0.6) is 11.6 Å². The predicted molar refractivity (Wildman–Crippen MR) is 67.6 cm³/mol. The van der Waals surface area contributed by atoms with E-state index in [2.05, 4.69) is 9.97 Å². The fraction of sp³-hybridized carbons (Fsp3) is 0.154. The molecule has 4 nitrogen and oxygen atoms in total.